The van der Waals surface area contributed by atoms with Crippen LogP contribution in [0.4, 0.5) is 0 Å². The minimum Gasteiger partial charge on any atom is -0.350 e. The van der Waals surface area contributed by atoms with Crippen LogP contribution < -0.4 is 0 Å². The van der Waals surface area contributed by atoms with Crippen molar-refractivity contribution in [2.75, 3.05) is 17.7 Å². The van der Waals surface area contributed by atoms with Gasteiger partial charge in [-0.1, -0.05) is 13.3 Å². The van der Waals surface area contributed by atoms with E-state index in [4.69, 9.17) is 9.79 Å². The molecule has 10 heavy (non-hydrogen) atoms. The first-order valence-electron chi connectivity index (χ1n) is 3.50. The summed E-state index contributed by atoms with van der Waals surface area (Å²) in [6, 6.07) is 0. The SMILES string of the molecule is CCCCSCCP(O)O. The van der Waals surface area contributed by atoms with Gasteiger partial charge in [0.2, 0.25) is 0 Å². The normalized spacial score (nSPS) is 10.8. The lowest BCUT2D eigenvalue weighted by Crippen LogP contribution is -1.88. The molecule has 0 aromatic carbocycles. The van der Waals surface area contributed by atoms with Crippen molar-refractivity contribution in [3.05, 3.63) is 0 Å². The van der Waals surface area contributed by atoms with Crippen molar-refractivity contribution in [2.24, 2.45) is 0 Å². The third-order valence-corrected chi connectivity index (χ3v) is 3.07. The minimum atomic E-state index is -1.64. The number of rotatable bonds is 6. The Hall–Kier alpha value is 0.700. The molecule has 0 unspecified atom stereocenters. The van der Waals surface area contributed by atoms with Crippen LogP contribution in [0.15, 0.2) is 0 Å². The Morgan fingerprint density at radius 1 is 1.30 bits per heavy atom. The van der Waals surface area contributed by atoms with Crippen LogP contribution in [-0.2, 0) is 0 Å². The first-order chi connectivity index (χ1) is 4.77. The summed E-state index contributed by atoms with van der Waals surface area (Å²) < 4.78 is 0. The highest BCUT2D eigenvalue weighted by Crippen LogP contribution is 2.23. The highest BCUT2D eigenvalue weighted by Gasteiger charge is 1.96. The molecule has 0 fully saturated rings. The molecular weight excluding hydrogens is 167 g/mol. The zero-order valence-electron chi connectivity index (χ0n) is 6.29. The highest BCUT2D eigenvalue weighted by molar-refractivity contribution is 7.99. The lowest BCUT2D eigenvalue weighted by molar-refractivity contribution is 0.485. The number of hydrogen-bond acceptors (Lipinski definition) is 3. The van der Waals surface area contributed by atoms with Crippen LogP contribution in [0.2, 0.25) is 0 Å². The number of thioether (sulfide) groups is 1. The van der Waals surface area contributed by atoms with Crippen molar-refractivity contribution in [2.45, 2.75) is 19.8 Å². The first-order valence-corrected chi connectivity index (χ1v) is 6.09. The van der Waals surface area contributed by atoms with Crippen LogP contribution in [0, 0.1) is 0 Å². The molecule has 0 heterocycles. The van der Waals surface area contributed by atoms with Gasteiger partial charge in [0, 0.05) is 11.9 Å². The number of unbranched alkanes of at least 4 members (excludes halogenated alkanes) is 1. The molecule has 0 atom stereocenters. The summed E-state index contributed by atoms with van der Waals surface area (Å²) in [5, 5.41) is 0. The molecule has 0 aromatic rings. The molecular formula is C6H15O2PS. The van der Waals surface area contributed by atoms with E-state index in [0.29, 0.717) is 6.16 Å². The second-order valence-corrected chi connectivity index (χ2v) is 4.48. The van der Waals surface area contributed by atoms with Gasteiger partial charge in [0.15, 0.2) is 8.38 Å². The molecule has 4 heteroatoms. The molecule has 0 aromatic heterocycles. The standard InChI is InChI=1S/C6H15O2PS/c1-2-3-5-10-6-4-9(7)8/h7-8H,2-6H2,1H3. The summed E-state index contributed by atoms with van der Waals surface area (Å²) in [4.78, 5) is 17.0. The predicted octanol–water partition coefficient (Wildman–Crippen LogP) is 1.82. The molecule has 0 radical (unpaired) electrons. The Morgan fingerprint density at radius 2 is 2.00 bits per heavy atom. The highest BCUT2D eigenvalue weighted by atomic mass is 32.2. The Balaban J connectivity index is 2.77. The van der Waals surface area contributed by atoms with Crippen molar-refractivity contribution in [3.63, 3.8) is 0 Å². The fraction of sp³-hybridized carbons (Fsp3) is 1.00. The lowest BCUT2D eigenvalue weighted by atomic mass is 10.4. The van der Waals surface area contributed by atoms with Gasteiger partial charge in [0.1, 0.15) is 0 Å². The van der Waals surface area contributed by atoms with Gasteiger partial charge in [-0.3, -0.25) is 0 Å². The Labute approximate surface area is 67.9 Å². The molecule has 62 valence electrons. The summed E-state index contributed by atoms with van der Waals surface area (Å²) in [5.74, 6) is 2.04. The molecule has 0 rings (SSSR count). The van der Waals surface area contributed by atoms with E-state index in [0.717, 1.165) is 11.5 Å². The number of hydrogen-bond donors (Lipinski definition) is 2. The zero-order chi connectivity index (χ0) is 7.82. The van der Waals surface area contributed by atoms with Gasteiger partial charge in [0.25, 0.3) is 0 Å². The van der Waals surface area contributed by atoms with E-state index in [1.54, 1.807) is 11.8 Å². The van der Waals surface area contributed by atoms with Crippen LogP contribution in [0.5, 0.6) is 0 Å². The fourth-order valence-corrected chi connectivity index (χ4v) is 2.36. The summed E-state index contributed by atoms with van der Waals surface area (Å²) in [7, 11) is -1.64. The van der Waals surface area contributed by atoms with E-state index in [9.17, 15) is 0 Å². The fourth-order valence-electron chi connectivity index (χ4n) is 0.495. The van der Waals surface area contributed by atoms with Gasteiger partial charge in [0.05, 0.1) is 0 Å². The maximum atomic E-state index is 8.52. The predicted molar refractivity (Wildman–Crippen MR) is 48.5 cm³/mol. The molecule has 0 spiro atoms. The Kier molecular flexibility index (Phi) is 8.35. The van der Waals surface area contributed by atoms with Gasteiger partial charge in [-0.15, -0.1) is 0 Å². The van der Waals surface area contributed by atoms with Crippen LogP contribution in [0.1, 0.15) is 19.8 Å². The van der Waals surface area contributed by atoms with Crippen molar-refractivity contribution in [3.8, 4) is 0 Å². The topological polar surface area (TPSA) is 40.5 Å². The van der Waals surface area contributed by atoms with Crippen LogP contribution in [0.25, 0.3) is 0 Å². The molecule has 2 nitrogen and oxygen atoms in total. The molecule has 0 amide bonds. The van der Waals surface area contributed by atoms with Crippen LogP contribution in [0.3, 0.4) is 0 Å². The zero-order valence-corrected chi connectivity index (χ0v) is 8.00. The molecule has 0 bridgehead atoms. The Bertz CT molecular complexity index is 70.8. The van der Waals surface area contributed by atoms with E-state index >= 15 is 0 Å². The molecule has 0 saturated carbocycles. The molecule has 0 aliphatic carbocycles. The van der Waals surface area contributed by atoms with E-state index in [1.165, 1.54) is 12.8 Å². The quantitative estimate of drug-likeness (QED) is 0.486. The maximum Gasteiger partial charge on any atom is 0.165 e. The summed E-state index contributed by atoms with van der Waals surface area (Å²) in [6.07, 6.45) is 3.02. The molecule has 0 saturated heterocycles. The Morgan fingerprint density at radius 3 is 2.50 bits per heavy atom. The van der Waals surface area contributed by atoms with Crippen LogP contribution >= 0.6 is 20.1 Å². The van der Waals surface area contributed by atoms with Gasteiger partial charge in [-0.2, -0.15) is 11.8 Å². The van der Waals surface area contributed by atoms with Gasteiger partial charge < -0.3 is 9.79 Å². The first kappa shape index (κ1) is 10.7. The second-order valence-electron chi connectivity index (χ2n) is 2.06. The molecule has 0 aliphatic rings. The monoisotopic (exact) mass is 182 g/mol. The average Bonchev–Trinajstić information content (AvgIpc) is 1.87. The van der Waals surface area contributed by atoms with Gasteiger partial charge >= 0.3 is 0 Å². The summed E-state index contributed by atoms with van der Waals surface area (Å²) in [6.45, 7) is 2.16. The maximum absolute atomic E-state index is 8.52. The van der Waals surface area contributed by atoms with Crippen molar-refractivity contribution in [1.82, 2.24) is 0 Å². The minimum absolute atomic E-state index is 0.559. The van der Waals surface area contributed by atoms with E-state index in [1.807, 2.05) is 0 Å². The van der Waals surface area contributed by atoms with Crippen LogP contribution in [-0.4, -0.2) is 27.5 Å². The average molecular weight is 182 g/mol. The van der Waals surface area contributed by atoms with E-state index in [2.05, 4.69) is 6.92 Å². The summed E-state index contributed by atoms with van der Waals surface area (Å²) in [5.41, 5.74) is 0. The van der Waals surface area contributed by atoms with Gasteiger partial charge in [-0.05, 0) is 12.2 Å². The largest absolute Gasteiger partial charge is 0.350 e. The van der Waals surface area contributed by atoms with Gasteiger partial charge in [-0.25, -0.2) is 0 Å². The smallest absolute Gasteiger partial charge is 0.165 e. The van der Waals surface area contributed by atoms with Crippen molar-refractivity contribution >= 4 is 20.1 Å². The van der Waals surface area contributed by atoms with E-state index < -0.39 is 8.38 Å². The second kappa shape index (κ2) is 7.80. The van der Waals surface area contributed by atoms with Crippen molar-refractivity contribution < 1.29 is 9.79 Å². The third-order valence-electron chi connectivity index (χ3n) is 1.08. The lowest BCUT2D eigenvalue weighted by Gasteiger charge is -2.00. The van der Waals surface area contributed by atoms with E-state index in [-0.39, 0.29) is 0 Å². The summed E-state index contributed by atoms with van der Waals surface area (Å²) >= 11 is 1.80. The van der Waals surface area contributed by atoms with Crippen molar-refractivity contribution in [1.29, 1.82) is 0 Å². The third kappa shape index (κ3) is 8.70. The molecule has 0 aliphatic heterocycles. The molecule has 2 N–H and O–H groups in total.